The van der Waals surface area contributed by atoms with Crippen LogP contribution >= 0.6 is 0 Å². The highest BCUT2D eigenvalue weighted by Crippen LogP contribution is 2.33. The molecule has 1 aliphatic rings. The smallest absolute Gasteiger partial charge is 0.312 e. The van der Waals surface area contributed by atoms with Crippen LogP contribution in [-0.4, -0.2) is 26.7 Å². The van der Waals surface area contributed by atoms with Gasteiger partial charge in [0.05, 0.1) is 12.0 Å². The summed E-state index contributed by atoms with van der Waals surface area (Å²) in [6, 6.07) is 0.240. The standard InChI is InChI=1S/C17H29N3O2/c1-17(2,3)6-7-20-10-15(19-11-20)14(16(21)22)9-12-4-5-13(18)8-12/h10-14H,4-9,18H2,1-3H3,(H,21,22). The largest absolute Gasteiger partial charge is 0.481 e. The molecule has 0 aromatic carbocycles. The number of rotatable bonds is 6. The minimum atomic E-state index is -0.776. The number of carboxylic acid groups (broad SMARTS) is 1. The van der Waals surface area contributed by atoms with Crippen molar-refractivity contribution >= 4 is 5.97 Å². The van der Waals surface area contributed by atoms with Crippen molar-refractivity contribution in [1.29, 1.82) is 0 Å². The summed E-state index contributed by atoms with van der Waals surface area (Å²) in [5, 5.41) is 9.54. The average molecular weight is 307 g/mol. The zero-order chi connectivity index (χ0) is 16.3. The third-order valence-corrected chi connectivity index (χ3v) is 4.58. The number of nitrogens with two attached hydrogens (primary N) is 1. The number of hydrogen-bond acceptors (Lipinski definition) is 3. The SMILES string of the molecule is CC(C)(C)CCn1cnc(C(CC2CCC(N)C2)C(=O)O)c1. The number of aromatic nitrogens is 2. The van der Waals surface area contributed by atoms with E-state index in [2.05, 4.69) is 25.8 Å². The van der Waals surface area contributed by atoms with Gasteiger partial charge < -0.3 is 15.4 Å². The number of imidazole rings is 1. The molecule has 0 bridgehead atoms. The number of carbonyl (C=O) groups is 1. The van der Waals surface area contributed by atoms with Crippen molar-refractivity contribution in [2.24, 2.45) is 17.1 Å². The van der Waals surface area contributed by atoms with Crippen molar-refractivity contribution in [3.05, 3.63) is 18.2 Å². The summed E-state index contributed by atoms with van der Waals surface area (Å²) in [4.78, 5) is 16.0. The van der Waals surface area contributed by atoms with Crippen LogP contribution in [0.5, 0.6) is 0 Å². The molecule has 3 atom stereocenters. The summed E-state index contributed by atoms with van der Waals surface area (Å²) < 4.78 is 2.01. The van der Waals surface area contributed by atoms with Gasteiger partial charge in [-0.1, -0.05) is 20.8 Å². The van der Waals surface area contributed by atoms with Crippen molar-refractivity contribution in [1.82, 2.24) is 9.55 Å². The fourth-order valence-corrected chi connectivity index (χ4v) is 3.15. The van der Waals surface area contributed by atoms with Crippen molar-refractivity contribution in [3.63, 3.8) is 0 Å². The second kappa shape index (κ2) is 6.82. The molecule has 1 aromatic heterocycles. The summed E-state index contributed by atoms with van der Waals surface area (Å²) >= 11 is 0. The first kappa shape index (κ1) is 17.0. The van der Waals surface area contributed by atoms with Gasteiger partial charge in [0, 0.05) is 18.8 Å². The monoisotopic (exact) mass is 307 g/mol. The Morgan fingerprint density at radius 1 is 1.50 bits per heavy atom. The lowest BCUT2D eigenvalue weighted by molar-refractivity contribution is -0.139. The highest BCUT2D eigenvalue weighted by molar-refractivity contribution is 5.75. The zero-order valence-electron chi connectivity index (χ0n) is 14.0. The molecular weight excluding hydrogens is 278 g/mol. The van der Waals surface area contributed by atoms with Crippen molar-refractivity contribution < 1.29 is 9.90 Å². The molecule has 2 rings (SSSR count). The van der Waals surface area contributed by atoms with Gasteiger partial charge in [-0.3, -0.25) is 4.79 Å². The second-order valence-corrected chi connectivity index (χ2v) is 7.91. The Balaban J connectivity index is 2.00. The van der Waals surface area contributed by atoms with Gasteiger partial charge in [0.2, 0.25) is 0 Å². The second-order valence-electron chi connectivity index (χ2n) is 7.91. The molecule has 3 unspecified atom stereocenters. The van der Waals surface area contributed by atoms with Crippen molar-refractivity contribution in [2.75, 3.05) is 0 Å². The first-order chi connectivity index (χ1) is 10.2. The van der Waals surface area contributed by atoms with Gasteiger partial charge in [-0.2, -0.15) is 0 Å². The van der Waals surface area contributed by atoms with E-state index >= 15 is 0 Å². The van der Waals surface area contributed by atoms with Crippen LogP contribution in [0.25, 0.3) is 0 Å². The molecule has 1 aliphatic carbocycles. The summed E-state index contributed by atoms with van der Waals surface area (Å²) in [5.41, 5.74) is 6.88. The number of hydrogen-bond donors (Lipinski definition) is 2. The van der Waals surface area contributed by atoms with E-state index in [9.17, 15) is 9.90 Å². The molecule has 5 nitrogen and oxygen atoms in total. The number of nitrogens with zero attached hydrogens (tertiary/aromatic N) is 2. The average Bonchev–Trinajstić information content (AvgIpc) is 3.01. The molecule has 5 heteroatoms. The normalized spacial score (nSPS) is 23.6. The molecule has 3 N–H and O–H groups in total. The van der Waals surface area contributed by atoms with Crippen LogP contribution in [0.2, 0.25) is 0 Å². The lowest BCUT2D eigenvalue weighted by Crippen LogP contribution is -2.18. The van der Waals surface area contributed by atoms with E-state index in [-0.39, 0.29) is 11.5 Å². The van der Waals surface area contributed by atoms with Gasteiger partial charge in [-0.25, -0.2) is 4.98 Å². The van der Waals surface area contributed by atoms with Gasteiger partial charge in [0.25, 0.3) is 0 Å². The lowest BCUT2D eigenvalue weighted by atomic mass is 9.91. The van der Waals surface area contributed by atoms with Gasteiger partial charge in [-0.15, -0.1) is 0 Å². The van der Waals surface area contributed by atoms with Gasteiger partial charge in [-0.05, 0) is 43.4 Å². The molecular formula is C17H29N3O2. The van der Waals surface area contributed by atoms with Gasteiger partial charge in [0.1, 0.15) is 5.92 Å². The van der Waals surface area contributed by atoms with E-state index in [1.165, 1.54) is 0 Å². The van der Waals surface area contributed by atoms with Crippen LogP contribution in [0, 0.1) is 11.3 Å². The Kier molecular flexibility index (Phi) is 5.27. The number of carboxylic acids is 1. The van der Waals surface area contributed by atoms with E-state index in [0.29, 0.717) is 18.0 Å². The predicted octanol–water partition coefficient (Wildman–Crippen LogP) is 3.01. The topological polar surface area (TPSA) is 81.1 Å². The molecule has 1 aromatic rings. The highest BCUT2D eigenvalue weighted by Gasteiger charge is 2.30. The molecule has 124 valence electrons. The minimum absolute atomic E-state index is 0.240. The maximum absolute atomic E-state index is 11.6. The molecule has 1 heterocycles. The Morgan fingerprint density at radius 2 is 2.23 bits per heavy atom. The van der Waals surface area contributed by atoms with Crippen LogP contribution in [0.3, 0.4) is 0 Å². The van der Waals surface area contributed by atoms with E-state index < -0.39 is 11.9 Å². The molecule has 0 aliphatic heterocycles. The van der Waals surface area contributed by atoms with Gasteiger partial charge in [0.15, 0.2) is 0 Å². The Morgan fingerprint density at radius 3 is 2.77 bits per heavy atom. The van der Waals surface area contributed by atoms with Crippen LogP contribution in [0.1, 0.15) is 64.5 Å². The summed E-state index contributed by atoms with van der Waals surface area (Å²) in [6.07, 6.45) is 8.34. The van der Waals surface area contributed by atoms with E-state index in [1.807, 2.05) is 10.8 Å². The summed E-state index contributed by atoms with van der Waals surface area (Å²) in [6.45, 7) is 7.48. The minimum Gasteiger partial charge on any atom is -0.481 e. The molecule has 0 amide bonds. The number of aryl methyl sites for hydroxylation is 1. The quantitative estimate of drug-likeness (QED) is 0.846. The third-order valence-electron chi connectivity index (χ3n) is 4.58. The molecule has 1 fully saturated rings. The van der Waals surface area contributed by atoms with Gasteiger partial charge >= 0.3 is 5.97 Å². The highest BCUT2D eigenvalue weighted by atomic mass is 16.4. The van der Waals surface area contributed by atoms with Crippen molar-refractivity contribution in [2.45, 2.75) is 71.4 Å². The molecule has 22 heavy (non-hydrogen) atoms. The first-order valence-electron chi connectivity index (χ1n) is 8.24. The fourth-order valence-electron chi connectivity index (χ4n) is 3.15. The van der Waals surface area contributed by atoms with Crippen LogP contribution in [-0.2, 0) is 11.3 Å². The Bertz CT molecular complexity index is 504. The van der Waals surface area contributed by atoms with E-state index in [1.54, 1.807) is 6.33 Å². The fraction of sp³-hybridized carbons (Fsp3) is 0.765. The van der Waals surface area contributed by atoms with Crippen molar-refractivity contribution in [3.8, 4) is 0 Å². The Hall–Kier alpha value is -1.36. The summed E-state index contributed by atoms with van der Waals surface area (Å²) in [7, 11) is 0. The summed E-state index contributed by atoms with van der Waals surface area (Å²) in [5.74, 6) is -0.872. The van der Waals surface area contributed by atoms with E-state index in [0.717, 1.165) is 32.2 Å². The zero-order valence-corrected chi connectivity index (χ0v) is 14.0. The van der Waals surface area contributed by atoms with Crippen LogP contribution in [0.4, 0.5) is 0 Å². The van der Waals surface area contributed by atoms with E-state index in [4.69, 9.17) is 5.73 Å². The predicted molar refractivity (Wildman–Crippen MR) is 86.6 cm³/mol. The maximum Gasteiger partial charge on any atom is 0.312 e. The van der Waals surface area contributed by atoms with Crippen LogP contribution in [0.15, 0.2) is 12.5 Å². The van der Waals surface area contributed by atoms with Crippen LogP contribution < -0.4 is 5.73 Å². The lowest BCUT2D eigenvalue weighted by Gasteiger charge is -2.18. The Labute approximate surface area is 132 Å². The molecule has 0 spiro atoms. The molecule has 1 saturated carbocycles. The maximum atomic E-state index is 11.6. The third kappa shape index (κ3) is 4.83. The first-order valence-corrected chi connectivity index (χ1v) is 8.24. The molecule has 0 saturated heterocycles. The number of aliphatic carboxylic acids is 1. The molecule has 0 radical (unpaired) electrons.